The van der Waals surface area contributed by atoms with Crippen LogP contribution in [0.1, 0.15) is 28.8 Å². The molecule has 1 aromatic heterocycles. The number of nitrogens with zero attached hydrogens (tertiary/aromatic N) is 2. The van der Waals surface area contributed by atoms with E-state index in [1.54, 1.807) is 17.0 Å². The molecule has 1 N–H and O–H groups in total. The maximum Gasteiger partial charge on any atom is 0.388 e. The summed E-state index contributed by atoms with van der Waals surface area (Å²) >= 11 is 0. The van der Waals surface area contributed by atoms with Gasteiger partial charge in [-0.15, -0.1) is 0 Å². The molecule has 2 amide bonds. The van der Waals surface area contributed by atoms with Gasteiger partial charge in [-0.3, -0.25) is 9.59 Å². The van der Waals surface area contributed by atoms with E-state index in [1.807, 2.05) is 6.07 Å². The number of ether oxygens (including phenoxy) is 2. The molecule has 2 aliphatic heterocycles. The van der Waals surface area contributed by atoms with Crippen molar-refractivity contribution in [2.75, 3.05) is 13.1 Å². The molecular weight excluding hydrogens is 396 g/mol. The topological polar surface area (TPSA) is 80.8 Å². The summed E-state index contributed by atoms with van der Waals surface area (Å²) in [7, 11) is 0. The summed E-state index contributed by atoms with van der Waals surface area (Å²) in [6.07, 6.45) is 3.25. The molecule has 0 bridgehead atoms. The molecule has 2 aromatic rings. The van der Waals surface area contributed by atoms with Crippen LogP contribution in [-0.2, 0) is 11.3 Å². The number of halogens is 2. The molecule has 7 nitrogen and oxygen atoms in total. The third-order valence-corrected chi connectivity index (χ3v) is 5.54. The average molecular weight is 415 g/mol. The molecule has 0 spiro atoms. The van der Waals surface area contributed by atoms with Gasteiger partial charge in [0.25, 0.3) is 5.91 Å². The van der Waals surface area contributed by atoms with Crippen molar-refractivity contribution in [1.82, 2.24) is 15.2 Å². The molecule has 2 fully saturated rings. The van der Waals surface area contributed by atoms with E-state index in [9.17, 15) is 18.4 Å². The first-order valence-electron chi connectivity index (χ1n) is 9.80. The van der Waals surface area contributed by atoms with Crippen molar-refractivity contribution in [2.45, 2.75) is 32.1 Å². The van der Waals surface area contributed by atoms with Crippen molar-refractivity contribution in [3.8, 4) is 22.8 Å². The predicted molar refractivity (Wildman–Crippen MR) is 101 cm³/mol. The first-order chi connectivity index (χ1) is 14.5. The van der Waals surface area contributed by atoms with Crippen molar-refractivity contribution in [1.29, 1.82) is 0 Å². The normalized spacial score (nSPS) is 18.1. The molecule has 3 heterocycles. The Hall–Kier alpha value is -3.23. The van der Waals surface area contributed by atoms with E-state index in [2.05, 4.69) is 15.0 Å². The number of rotatable bonds is 6. The van der Waals surface area contributed by atoms with Gasteiger partial charge in [-0.05, 0) is 42.2 Å². The number of fused-ring (bicyclic) bond motifs is 1. The number of benzene rings is 1. The number of nitrogens with one attached hydrogen (secondary N) is 1. The van der Waals surface area contributed by atoms with Gasteiger partial charge in [-0.1, -0.05) is 0 Å². The van der Waals surface area contributed by atoms with Crippen molar-refractivity contribution >= 4 is 11.8 Å². The fourth-order valence-corrected chi connectivity index (χ4v) is 3.80. The van der Waals surface area contributed by atoms with Crippen LogP contribution in [0.5, 0.6) is 11.6 Å². The number of hydrogen-bond donors (Lipinski definition) is 1. The van der Waals surface area contributed by atoms with E-state index in [0.717, 1.165) is 24.0 Å². The van der Waals surface area contributed by atoms with E-state index in [4.69, 9.17) is 4.74 Å². The second-order valence-electron chi connectivity index (χ2n) is 7.70. The Kier molecular flexibility index (Phi) is 4.52. The second-order valence-corrected chi connectivity index (χ2v) is 7.70. The Balaban J connectivity index is 1.37. The van der Waals surface area contributed by atoms with Crippen molar-refractivity contribution in [3.63, 3.8) is 0 Å². The van der Waals surface area contributed by atoms with Crippen molar-refractivity contribution in [2.24, 2.45) is 5.92 Å². The van der Waals surface area contributed by atoms with Gasteiger partial charge in [-0.2, -0.15) is 8.78 Å². The maximum absolute atomic E-state index is 12.4. The van der Waals surface area contributed by atoms with Crippen LogP contribution in [0, 0.1) is 5.92 Å². The van der Waals surface area contributed by atoms with Crippen LogP contribution in [0.15, 0.2) is 30.5 Å². The summed E-state index contributed by atoms with van der Waals surface area (Å²) in [5.41, 5.74) is 2.72. The molecule has 1 aromatic carbocycles. The van der Waals surface area contributed by atoms with E-state index in [0.29, 0.717) is 36.5 Å². The lowest BCUT2D eigenvalue weighted by Gasteiger charge is -2.39. The van der Waals surface area contributed by atoms with Crippen LogP contribution in [0.4, 0.5) is 8.78 Å². The highest BCUT2D eigenvalue weighted by Gasteiger charge is 2.40. The number of alkyl halides is 2. The molecule has 1 saturated heterocycles. The fraction of sp³-hybridized carbons (Fsp3) is 0.381. The highest BCUT2D eigenvalue weighted by molar-refractivity contribution is 6.01. The Morgan fingerprint density at radius 2 is 1.97 bits per heavy atom. The van der Waals surface area contributed by atoms with Gasteiger partial charge in [0.2, 0.25) is 11.8 Å². The molecule has 0 radical (unpaired) electrons. The minimum absolute atomic E-state index is 0.122. The van der Waals surface area contributed by atoms with Crippen molar-refractivity contribution < 1.29 is 27.8 Å². The lowest BCUT2D eigenvalue weighted by molar-refractivity contribution is -0.141. The van der Waals surface area contributed by atoms with Crippen molar-refractivity contribution in [3.05, 3.63) is 41.6 Å². The minimum Gasteiger partial charge on any atom is -0.487 e. The van der Waals surface area contributed by atoms with Crippen LogP contribution in [-0.4, -0.2) is 47.5 Å². The third kappa shape index (κ3) is 3.55. The van der Waals surface area contributed by atoms with Gasteiger partial charge in [0, 0.05) is 35.9 Å². The van der Waals surface area contributed by atoms with Crippen LogP contribution >= 0.6 is 0 Å². The molecule has 30 heavy (non-hydrogen) atoms. The molecule has 9 heteroatoms. The Morgan fingerprint density at radius 1 is 1.20 bits per heavy atom. The molecule has 0 unspecified atom stereocenters. The zero-order valence-corrected chi connectivity index (χ0v) is 15.9. The molecule has 3 aliphatic rings. The number of aromatic nitrogens is 1. The molecular formula is C21H19F2N3O4. The number of hydrogen-bond acceptors (Lipinski definition) is 5. The standard InChI is InChI=1S/C21H19F2N3O4/c22-21(23)30-18-4-3-12(7-24-18)15-5-13(6-16-17(15)8-25-19(16)27)29-14-9-26(10-14)20(28)11-1-2-11/h3-7,11,14,21H,1-2,8-10H2,(H,25,27). The maximum atomic E-state index is 12.4. The van der Waals surface area contributed by atoms with Gasteiger partial charge < -0.3 is 19.7 Å². The lowest BCUT2D eigenvalue weighted by Crippen LogP contribution is -2.56. The minimum atomic E-state index is -2.94. The molecule has 5 rings (SSSR count). The highest BCUT2D eigenvalue weighted by atomic mass is 19.3. The summed E-state index contributed by atoms with van der Waals surface area (Å²) in [6.45, 7) is -1.50. The first kappa shape index (κ1) is 18.8. The second kappa shape index (κ2) is 7.23. The number of carbonyl (C=O) groups excluding carboxylic acids is 2. The van der Waals surface area contributed by atoms with Gasteiger partial charge in [-0.25, -0.2) is 4.98 Å². The molecule has 0 atom stereocenters. The largest absolute Gasteiger partial charge is 0.487 e. The monoisotopic (exact) mass is 415 g/mol. The Bertz CT molecular complexity index is 1000. The predicted octanol–water partition coefficient (Wildman–Crippen LogP) is 2.59. The van der Waals surface area contributed by atoms with Crippen LogP contribution < -0.4 is 14.8 Å². The average Bonchev–Trinajstić information content (AvgIpc) is 3.48. The third-order valence-electron chi connectivity index (χ3n) is 5.54. The van der Waals surface area contributed by atoms with Crippen LogP contribution in [0.25, 0.3) is 11.1 Å². The van der Waals surface area contributed by atoms with E-state index < -0.39 is 6.61 Å². The quantitative estimate of drug-likeness (QED) is 0.785. The number of likely N-dealkylation sites (tertiary alicyclic amines) is 1. The van der Waals surface area contributed by atoms with Gasteiger partial charge in [0.1, 0.15) is 11.9 Å². The Morgan fingerprint density at radius 3 is 2.63 bits per heavy atom. The summed E-state index contributed by atoms with van der Waals surface area (Å²) in [4.78, 5) is 30.0. The summed E-state index contributed by atoms with van der Waals surface area (Å²) < 4.78 is 35.0. The van der Waals surface area contributed by atoms with Gasteiger partial charge >= 0.3 is 6.61 Å². The zero-order chi connectivity index (χ0) is 20.8. The van der Waals surface area contributed by atoms with E-state index in [1.165, 1.54) is 12.3 Å². The highest BCUT2D eigenvalue weighted by Crippen LogP contribution is 2.36. The molecule has 1 saturated carbocycles. The summed E-state index contributed by atoms with van der Waals surface area (Å²) in [5.74, 6) is 0.535. The van der Waals surface area contributed by atoms with Gasteiger partial charge in [0.15, 0.2) is 0 Å². The van der Waals surface area contributed by atoms with Crippen LogP contribution in [0.3, 0.4) is 0 Å². The van der Waals surface area contributed by atoms with E-state index in [-0.39, 0.29) is 29.7 Å². The summed E-state index contributed by atoms with van der Waals surface area (Å²) in [5, 5.41) is 2.79. The fourth-order valence-electron chi connectivity index (χ4n) is 3.80. The molecule has 1 aliphatic carbocycles. The number of amides is 2. The summed E-state index contributed by atoms with van der Waals surface area (Å²) in [6, 6.07) is 6.49. The molecule has 156 valence electrons. The number of pyridine rings is 1. The van der Waals surface area contributed by atoms with Crippen LogP contribution in [0.2, 0.25) is 0 Å². The Labute approximate surface area is 171 Å². The first-order valence-corrected chi connectivity index (χ1v) is 9.80. The lowest BCUT2D eigenvalue weighted by atomic mass is 9.97. The smallest absolute Gasteiger partial charge is 0.388 e. The zero-order valence-electron chi connectivity index (χ0n) is 15.9. The SMILES string of the molecule is O=C1NCc2c1cc(OC1CN(C(=O)C3CC3)C1)cc2-c1ccc(OC(F)F)nc1. The number of carbonyl (C=O) groups is 2. The van der Waals surface area contributed by atoms with E-state index >= 15 is 0 Å². The van der Waals surface area contributed by atoms with Gasteiger partial charge in [0.05, 0.1) is 13.1 Å².